The number of halogens is 1. The zero-order valence-electron chi connectivity index (χ0n) is 17.6. The predicted molar refractivity (Wildman–Crippen MR) is 133 cm³/mol. The Labute approximate surface area is 202 Å². The number of pyridine rings is 1. The van der Waals surface area contributed by atoms with E-state index < -0.39 is 24.5 Å². The van der Waals surface area contributed by atoms with Crippen LogP contribution in [0.4, 0.5) is 5.69 Å². The van der Waals surface area contributed by atoms with E-state index in [-0.39, 0.29) is 11.9 Å². The minimum atomic E-state index is -1.09. The van der Waals surface area contributed by atoms with Crippen LogP contribution in [0.5, 0.6) is 5.88 Å². The third-order valence-corrected chi connectivity index (χ3v) is 5.83. The molecule has 1 aromatic heterocycles. The van der Waals surface area contributed by atoms with Gasteiger partial charge in [0.15, 0.2) is 6.61 Å². The van der Waals surface area contributed by atoms with Gasteiger partial charge in [-0.15, -0.1) is 0 Å². The van der Waals surface area contributed by atoms with E-state index in [9.17, 15) is 14.7 Å². The number of aromatic nitrogens is 1. The molecule has 0 aliphatic rings. The van der Waals surface area contributed by atoms with Gasteiger partial charge in [-0.2, -0.15) is 24.4 Å². The number of amides is 1. The molecule has 1 unspecified atom stereocenters. The van der Waals surface area contributed by atoms with Crippen LogP contribution in [0.2, 0.25) is 5.02 Å². The molecule has 0 aliphatic heterocycles. The third kappa shape index (κ3) is 8.09. The van der Waals surface area contributed by atoms with Crippen LogP contribution in [-0.2, 0) is 9.59 Å². The minimum Gasteiger partial charge on any atom is -0.480 e. The molecule has 0 bridgehead atoms. The highest BCUT2D eigenvalue weighted by Gasteiger charge is 2.20. The van der Waals surface area contributed by atoms with Crippen molar-refractivity contribution >= 4 is 53.6 Å². The van der Waals surface area contributed by atoms with E-state index in [2.05, 4.69) is 28.2 Å². The molecule has 0 saturated heterocycles. The van der Waals surface area contributed by atoms with Gasteiger partial charge in [-0.3, -0.25) is 4.79 Å². The Morgan fingerprint density at radius 3 is 2.72 bits per heavy atom. The van der Waals surface area contributed by atoms with E-state index >= 15 is 0 Å². The van der Waals surface area contributed by atoms with E-state index in [4.69, 9.17) is 22.1 Å². The van der Waals surface area contributed by atoms with Crippen LogP contribution in [0.25, 0.3) is 11.3 Å². The van der Waals surface area contributed by atoms with Crippen molar-refractivity contribution in [2.75, 3.05) is 36.2 Å². The van der Waals surface area contributed by atoms with Gasteiger partial charge in [0.2, 0.25) is 5.88 Å². The van der Waals surface area contributed by atoms with Crippen molar-refractivity contribution < 1.29 is 19.4 Å². The molecule has 32 heavy (non-hydrogen) atoms. The first-order chi connectivity index (χ1) is 15.3. The topological polar surface area (TPSA) is 127 Å². The van der Waals surface area contributed by atoms with Crippen LogP contribution in [0, 0.1) is 0 Å². The largest absolute Gasteiger partial charge is 0.480 e. The lowest BCUT2D eigenvalue weighted by Gasteiger charge is -2.17. The quantitative estimate of drug-likeness (QED) is 0.267. The molecule has 2 rings (SSSR count). The molecule has 0 spiro atoms. The Hall–Kier alpha value is -2.14. The standard InChI is InChI=1S/C21H27ClN4O4S2/c1-32-9-8-18(21(28)29)25-19(27)11-30-20-17(24-10-13(23)12-31)7-6-16(26-20)14-4-2-3-5-15(14)22/h2-7,13,18,24,31H,8-12,23H2,1H3,(H,25,27)(H,28,29)/t13?,18-/m0/s1. The Bertz CT molecular complexity index is 919. The number of nitrogens with two attached hydrogens (primary N) is 1. The van der Waals surface area contributed by atoms with Gasteiger partial charge in [0.1, 0.15) is 6.04 Å². The molecule has 5 N–H and O–H groups in total. The highest BCUT2D eigenvalue weighted by Crippen LogP contribution is 2.31. The Morgan fingerprint density at radius 2 is 2.06 bits per heavy atom. The molecule has 2 atom stereocenters. The fourth-order valence-corrected chi connectivity index (χ4v) is 3.51. The maximum Gasteiger partial charge on any atom is 0.326 e. The van der Waals surface area contributed by atoms with Crippen LogP contribution in [0.1, 0.15) is 6.42 Å². The Kier molecular flexibility index (Phi) is 10.9. The number of rotatable bonds is 13. The number of anilines is 1. The second-order valence-electron chi connectivity index (χ2n) is 6.88. The van der Waals surface area contributed by atoms with Crippen molar-refractivity contribution in [1.29, 1.82) is 0 Å². The van der Waals surface area contributed by atoms with Gasteiger partial charge in [0, 0.05) is 28.9 Å². The molecule has 11 heteroatoms. The summed E-state index contributed by atoms with van der Waals surface area (Å²) in [6.45, 7) is 0.0320. The maximum atomic E-state index is 12.3. The number of benzene rings is 1. The highest BCUT2D eigenvalue weighted by atomic mass is 35.5. The van der Waals surface area contributed by atoms with E-state index in [0.717, 1.165) is 0 Å². The van der Waals surface area contributed by atoms with Crippen LogP contribution < -0.4 is 21.1 Å². The van der Waals surface area contributed by atoms with Gasteiger partial charge in [-0.25, -0.2) is 9.78 Å². The monoisotopic (exact) mass is 498 g/mol. The van der Waals surface area contributed by atoms with Crippen LogP contribution >= 0.6 is 36.0 Å². The van der Waals surface area contributed by atoms with Gasteiger partial charge in [-0.05, 0) is 36.6 Å². The van der Waals surface area contributed by atoms with Crippen molar-refractivity contribution in [2.24, 2.45) is 5.73 Å². The number of thioether (sulfide) groups is 1. The number of carbonyl (C=O) groups excluding carboxylic acids is 1. The second kappa shape index (κ2) is 13.4. The smallest absolute Gasteiger partial charge is 0.326 e. The summed E-state index contributed by atoms with van der Waals surface area (Å²) in [4.78, 5) is 28.2. The van der Waals surface area contributed by atoms with Crippen LogP contribution in [0.3, 0.4) is 0 Å². The molecule has 0 fully saturated rings. The van der Waals surface area contributed by atoms with Gasteiger partial charge >= 0.3 is 5.97 Å². The number of hydrogen-bond donors (Lipinski definition) is 5. The molecule has 8 nitrogen and oxygen atoms in total. The zero-order chi connectivity index (χ0) is 23.5. The first-order valence-corrected chi connectivity index (χ1v) is 12.3. The summed E-state index contributed by atoms with van der Waals surface area (Å²) in [5.74, 6) is -0.363. The number of aliphatic carboxylic acids is 1. The Balaban J connectivity index is 2.18. The lowest BCUT2D eigenvalue weighted by atomic mass is 10.1. The number of thiol groups is 1. The molecule has 1 heterocycles. The maximum absolute atomic E-state index is 12.3. The number of carbonyl (C=O) groups is 2. The first-order valence-electron chi connectivity index (χ1n) is 9.85. The van der Waals surface area contributed by atoms with E-state index in [1.807, 2.05) is 24.5 Å². The van der Waals surface area contributed by atoms with Crippen molar-refractivity contribution in [1.82, 2.24) is 10.3 Å². The van der Waals surface area contributed by atoms with E-state index in [1.54, 1.807) is 18.2 Å². The van der Waals surface area contributed by atoms with Gasteiger partial charge in [0.05, 0.1) is 11.4 Å². The van der Waals surface area contributed by atoms with Crippen molar-refractivity contribution in [3.63, 3.8) is 0 Å². The fourth-order valence-electron chi connectivity index (χ4n) is 2.67. The second-order valence-corrected chi connectivity index (χ2v) is 8.64. The zero-order valence-corrected chi connectivity index (χ0v) is 20.1. The normalized spacial score (nSPS) is 12.6. The average Bonchev–Trinajstić information content (AvgIpc) is 2.79. The molecule has 174 valence electrons. The van der Waals surface area contributed by atoms with Gasteiger partial charge in [-0.1, -0.05) is 29.8 Å². The van der Waals surface area contributed by atoms with E-state index in [1.165, 1.54) is 11.8 Å². The number of hydrogen-bond acceptors (Lipinski definition) is 8. The third-order valence-electron chi connectivity index (χ3n) is 4.38. The molecular weight excluding hydrogens is 472 g/mol. The van der Waals surface area contributed by atoms with Crippen LogP contribution in [-0.4, -0.2) is 65.0 Å². The number of carboxylic acids is 1. The number of nitrogens with zero attached hydrogens (tertiary/aromatic N) is 1. The average molecular weight is 499 g/mol. The number of nitrogens with one attached hydrogen (secondary N) is 2. The summed E-state index contributed by atoms with van der Waals surface area (Å²) in [6.07, 6.45) is 2.19. The molecule has 1 amide bonds. The lowest BCUT2D eigenvalue weighted by molar-refractivity contribution is -0.142. The summed E-state index contributed by atoms with van der Waals surface area (Å²) in [5.41, 5.74) is 7.74. The number of carboxylic acid groups (broad SMARTS) is 1. The van der Waals surface area contributed by atoms with Crippen molar-refractivity contribution in [3.8, 4) is 17.1 Å². The van der Waals surface area contributed by atoms with Crippen molar-refractivity contribution in [2.45, 2.75) is 18.5 Å². The molecule has 0 aliphatic carbocycles. The van der Waals surface area contributed by atoms with Gasteiger partial charge in [0.25, 0.3) is 5.91 Å². The molecular formula is C21H27ClN4O4S2. The fraction of sp³-hybridized carbons (Fsp3) is 0.381. The van der Waals surface area contributed by atoms with Gasteiger partial charge < -0.3 is 26.2 Å². The van der Waals surface area contributed by atoms with E-state index in [0.29, 0.717) is 46.4 Å². The molecule has 1 aromatic carbocycles. The lowest BCUT2D eigenvalue weighted by Crippen LogP contribution is -2.43. The van der Waals surface area contributed by atoms with Crippen molar-refractivity contribution in [3.05, 3.63) is 41.4 Å². The SMILES string of the molecule is CSCC[C@H](NC(=O)COc1nc(-c2ccccc2Cl)ccc1NCC(N)CS)C(=O)O. The minimum absolute atomic E-state index is 0.180. The number of ether oxygens (including phenoxy) is 1. The summed E-state index contributed by atoms with van der Waals surface area (Å²) in [5, 5.41) is 15.4. The highest BCUT2D eigenvalue weighted by molar-refractivity contribution is 7.98. The molecule has 0 radical (unpaired) electrons. The summed E-state index contributed by atoms with van der Waals surface area (Å²) < 4.78 is 5.67. The summed E-state index contributed by atoms with van der Waals surface area (Å²) in [6, 6.07) is 9.62. The Morgan fingerprint density at radius 1 is 1.31 bits per heavy atom. The first kappa shape index (κ1) is 26.1. The summed E-state index contributed by atoms with van der Waals surface area (Å²) in [7, 11) is 0. The summed E-state index contributed by atoms with van der Waals surface area (Å²) >= 11 is 12.0. The molecule has 2 aromatic rings. The molecule has 0 saturated carbocycles. The predicted octanol–water partition coefficient (Wildman–Crippen LogP) is 2.77. The van der Waals surface area contributed by atoms with Crippen LogP contribution in [0.15, 0.2) is 36.4 Å².